The van der Waals surface area contributed by atoms with Crippen molar-refractivity contribution < 1.29 is 26.3 Å². The summed E-state index contributed by atoms with van der Waals surface area (Å²) < 4.78 is 62.7. The van der Waals surface area contributed by atoms with Crippen LogP contribution in [0.5, 0.6) is 0 Å². The fourth-order valence-electron chi connectivity index (χ4n) is 3.29. The number of nitrogens with zero attached hydrogens (tertiary/aromatic N) is 1. The molecule has 0 saturated carbocycles. The first-order valence-corrected chi connectivity index (χ1v) is 12.2. The van der Waals surface area contributed by atoms with Crippen molar-refractivity contribution in [2.24, 2.45) is 0 Å². The van der Waals surface area contributed by atoms with Crippen molar-refractivity contribution in [3.8, 4) is 0 Å². The molecule has 2 aromatic carbocycles. The highest BCUT2D eigenvalue weighted by Crippen LogP contribution is 2.25. The number of hydrogen-bond donors (Lipinski definition) is 2. The Morgan fingerprint density at radius 3 is 2.14 bits per heavy atom. The smallest absolute Gasteiger partial charge is 0.243 e. The largest absolute Gasteiger partial charge is 0.392 e. The van der Waals surface area contributed by atoms with Gasteiger partial charge in [-0.15, -0.1) is 0 Å². The van der Waals surface area contributed by atoms with Gasteiger partial charge < -0.3 is 10.4 Å². The zero-order valence-electron chi connectivity index (χ0n) is 15.7. The van der Waals surface area contributed by atoms with Crippen LogP contribution < -0.4 is 5.32 Å². The van der Waals surface area contributed by atoms with Gasteiger partial charge in [-0.05, 0) is 43.2 Å². The third kappa shape index (κ3) is 4.77. The number of para-hydroxylation sites is 1. The van der Waals surface area contributed by atoms with Crippen LogP contribution >= 0.6 is 0 Å². The lowest BCUT2D eigenvalue weighted by Gasteiger charge is -2.32. The monoisotopic (exact) mass is 442 g/mol. The summed E-state index contributed by atoms with van der Waals surface area (Å²) >= 11 is 0. The van der Waals surface area contributed by atoms with Gasteiger partial charge in [-0.2, -0.15) is 4.31 Å². The number of nitrogens with one attached hydrogen (secondary N) is 1. The van der Waals surface area contributed by atoms with Crippen LogP contribution in [-0.4, -0.2) is 51.4 Å². The zero-order chi connectivity index (χ0) is 21.1. The minimum Gasteiger partial charge on any atom is -0.392 e. The molecule has 158 valence electrons. The van der Waals surface area contributed by atoms with E-state index in [0.717, 1.165) is 23.4 Å². The SMILES string of the molecule is O=S(=O)(CF)c1ccc(S(=O)(=O)N2CCC(Nc3ccccc3CO)CC2)cc1. The molecule has 1 saturated heterocycles. The van der Waals surface area contributed by atoms with E-state index in [2.05, 4.69) is 5.32 Å². The quantitative estimate of drug-likeness (QED) is 0.681. The average molecular weight is 443 g/mol. The summed E-state index contributed by atoms with van der Waals surface area (Å²) in [5.74, 6) is 0. The lowest BCUT2D eigenvalue weighted by molar-refractivity contribution is 0.282. The molecule has 0 aromatic heterocycles. The molecule has 0 radical (unpaired) electrons. The summed E-state index contributed by atoms with van der Waals surface area (Å²) in [6, 6.07) is 10.6. The number of benzene rings is 2. The fraction of sp³-hybridized carbons (Fsp3) is 0.368. The Morgan fingerprint density at radius 2 is 1.55 bits per heavy atom. The molecule has 0 atom stereocenters. The predicted octanol–water partition coefficient (Wildman–Crippen LogP) is 2.14. The van der Waals surface area contributed by atoms with Gasteiger partial charge in [-0.25, -0.2) is 21.2 Å². The second-order valence-corrected chi connectivity index (χ2v) is 10.7. The lowest BCUT2D eigenvalue weighted by atomic mass is 10.1. The molecule has 3 rings (SSSR count). The second-order valence-electron chi connectivity index (χ2n) is 6.83. The van der Waals surface area contributed by atoms with Gasteiger partial charge in [0.15, 0.2) is 6.01 Å². The normalized spacial score (nSPS) is 16.6. The number of sulfone groups is 1. The molecule has 1 fully saturated rings. The highest BCUT2D eigenvalue weighted by Gasteiger charge is 2.30. The predicted molar refractivity (Wildman–Crippen MR) is 107 cm³/mol. The van der Waals surface area contributed by atoms with Gasteiger partial charge in [-0.1, -0.05) is 18.2 Å². The topological polar surface area (TPSA) is 104 Å². The summed E-state index contributed by atoms with van der Waals surface area (Å²) in [6.07, 6.45) is 1.18. The maximum atomic E-state index is 12.8. The fourth-order valence-corrected chi connectivity index (χ4v) is 5.44. The van der Waals surface area contributed by atoms with Gasteiger partial charge in [0.2, 0.25) is 19.9 Å². The van der Waals surface area contributed by atoms with E-state index in [1.165, 1.54) is 16.4 Å². The van der Waals surface area contributed by atoms with Crippen molar-refractivity contribution in [1.29, 1.82) is 0 Å². The minimum atomic E-state index is -4.03. The second kappa shape index (κ2) is 8.78. The molecule has 0 bridgehead atoms. The first kappa shape index (κ1) is 21.7. The van der Waals surface area contributed by atoms with Gasteiger partial charge in [0, 0.05) is 30.4 Å². The maximum Gasteiger partial charge on any atom is 0.243 e. The van der Waals surface area contributed by atoms with Crippen LogP contribution in [-0.2, 0) is 26.5 Å². The first-order chi connectivity index (χ1) is 13.8. The van der Waals surface area contributed by atoms with Crippen molar-refractivity contribution in [1.82, 2.24) is 4.31 Å². The van der Waals surface area contributed by atoms with Crippen LogP contribution in [0.4, 0.5) is 10.1 Å². The molecule has 0 aliphatic carbocycles. The van der Waals surface area contributed by atoms with E-state index in [4.69, 9.17) is 0 Å². The Hall–Kier alpha value is -2.01. The van der Waals surface area contributed by atoms with Crippen LogP contribution in [0.2, 0.25) is 0 Å². The van der Waals surface area contributed by atoms with Gasteiger partial charge in [-0.3, -0.25) is 0 Å². The van der Waals surface area contributed by atoms with E-state index in [1.807, 2.05) is 24.3 Å². The van der Waals surface area contributed by atoms with Crippen molar-refractivity contribution in [2.75, 3.05) is 24.4 Å². The third-order valence-electron chi connectivity index (χ3n) is 4.97. The van der Waals surface area contributed by atoms with Crippen molar-refractivity contribution >= 4 is 25.5 Å². The number of rotatable bonds is 7. The highest BCUT2D eigenvalue weighted by atomic mass is 32.2. The van der Waals surface area contributed by atoms with Crippen molar-refractivity contribution in [2.45, 2.75) is 35.3 Å². The molecule has 0 unspecified atom stereocenters. The molecule has 1 aliphatic rings. The molecule has 1 heterocycles. The third-order valence-corrected chi connectivity index (χ3v) is 8.16. The van der Waals surface area contributed by atoms with E-state index in [1.54, 1.807) is 0 Å². The summed E-state index contributed by atoms with van der Waals surface area (Å²) in [4.78, 5) is -0.267. The van der Waals surface area contributed by atoms with Crippen molar-refractivity contribution in [3.05, 3.63) is 54.1 Å². The molecular formula is C19H23FN2O5S2. The van der Waals surface area contributed by atoms with E-state index in [0.29, 0.717) is 25.9 Å². The Morgan fingerprint density at radius 1 is 0.966 bits per heavy atom. The number of sulfonamides is 1. The summed E-state index contributed by atoms with van der Waals surface area (Å²) in [7, 11) is -7.79. The summed E-state index contributed by atoms with van der Waals surface area (Å²) in [6.45, 7) is 0.544. The Labute approximate surface area is 170 Å². The van der Waals surface area contributed by atoms with E-state index in [9.17, 15) is 26.3 Å². The number of hydrogen-bond acceptors (Lipinski definition) is 6. The number of piperidine rings is 1. The Balaban J connectivity index is 1.67. The number of alkyl halides is 1. The van der Waals surface area contributed by atoms with Crippen LogP contribution in [0.3, 0.4) is 0 Å². The molecule has 0 amide bonds. The van der Waals surface area contributed by atoms with Gasteiger partial charge >= 0.3 is 0 Å². The Bertz CT molecular complexity index is 1050. The standard InChI is InChI=1S/C19H23FN2O5S2/c20-14-28(24,25)17-5-7-18(8-6-17)29(26,27)22-11-9-16(10-12-22)21-19-4-2-1-3-15(19)13-23/h1-8,16,21,23H,9-14H2. The Kier molecular flexibility index (Phi) is 6.57. The molecular weight excluding hydrogens is 419 g/mol. The number of halogens is 1. The molecule has 7 nitrogen and oxygen atoms in total. The van der Waals surface area contributed by atoms with Crippen LogP contribution in [0.1, 0.15) is 18.4 Å². The molecule has 1 aliphatic heterocycles. The van der Waals surface area contributed by atoms with Crippen LogP contribution in [0, 0.1) is 0 Å². The molecule has 29 heavy (non-hydrogen) atoms. The lowest BCUT2D eigenvalue weighted by Crippen LogP contribution is -2.42. The molecule has 2 N–H and O–H groups in total. The molecule has 0 spiro atoms. The van der Waals surface area contributed by atoms with Crippen LogP contribution in [0.25, 0.3) is 0 Å². The summed E-state index contributed by atoms with van der Waals surface area (Å²) in [5.41, 5.74) is 1.62. The van der Waals surface area contributed by atoms with Crippen molar-refractivity contribution in [3.63, 3.8) is 0 Å². The summed E-state index contributed by atoms with van der Waals surface area (Å²) in [5, 5.41) is 12.8. The maximum absolute atomic E-state index is 12.8. The van der Waals surface area contributed by atoms with Gasteiger partial charge in [0.1, 0.15) is 0 Å². The number of aliphatic hydroxyl groups excluding tert-OH is 1. The van der Waals surface area contributed by atoms with E-state index < -0.39 is 25.9 Å². The van der Waals surface area contributed by atoms with E-state index in [-0.39, 0.29) is 22.4 Å². The van der Waals surface area contributed by atoms with Crippen LogP contribution in [0.15, 0.2) is 58.3 Å². The zero-order valence-corrected chi connectivity index (χ0v) is 17.3. The van der Waals surface area contributed by atoms with Gasteiger partial charge in [0.05, 0.1) is 16.4 Å². The first-order valence-electron chi connectivity index (χ1n) is 9.12. The molecule has 2 aromatic rings. The average Bonchev–Trinajstić information content (AvgIpc) is 2.74. The van der Waals surface area contributed by atoms with Gasteiger partial charge in [0.25, 0.3) is 0 Å². The molecule has 10 heteroatoms. The van der Waals surface area contributed by atoms with E-state index >= 15 is 0 Å². The highest BCUT2D eigenvalue weighted by molar-refractivity contribution is 7.91. The number of aliphatic hydroxyl groups is 1. The minimum absolute atomic E-state index is 0.0210. The number of anilines is 1.